The van der Waals surface area contributed by atoms with Gasteiger partial charge in [0.25, 0.3) is 5.69 Å². The maximum atomic E-state index is 12.1. The van der Waals surface area contributed by atoms with Crippen molar-refractivity contribution in [1.82, 2.24) is 0 Å². The van der Waals surface area contributed by atoms with Gasteiger partial charge in [0, 0.05) is 18.0 Å². The van der Waals surface area contributed by atoms with Crippen LogP contribution in [-0.2, 0) is 20.0 Å². The fraction of sp³-hybridized carbons (Fsp3) is 0.100. The molecule has 35 heavy (non-hydrogen) atoms. The van der Waals surface area contributed by atoms with Crippen molar-refractivity contribution < 1.29 is 56.4 Å². The van der Waals surface area contributed by atoms with Gasteiger partial charge in [-0.1, -0.05) is 0 Å². The summed E-state index contributed by atoms with van der Waals surface area (Å²) in [6.45, 7) is 1.73. The molecule has 0 aliphatic carbocycles. The second-order valence-corrected chi connectivity index (χ2v) is 10.5. The van der Waals surface area contributed by atoms with Crippen LogP contribution in [0.5, 0.6) is 5.75 Å². The Morgan fingerprint density at radius 3 is 2.11 bits per heavy atom. The van der Waals surface area contributed by atoms with E-state index < -0.39 is 35.6 Å². The Labute approximate surface area is 223 Å². The maximum Gasteiger partial charge on any atom is 1.00 e. The molecule has 178 valence electrons. The molecule has 3 aromatic rings. The number of azo groups is 1. The van der Waals surface area contributed by atoms with Crippen LogP contribution in [0.1, 0.15) is 5.56 Å². The summed E-state index contributed by atoms with van der Waals surface area (Å²) in [6.07, 6.45) is 0.601. The normalized spacial score (nSPS) is 11.7. The van der Waals surface area contributed by atoms with Crippen molar-refractivity contribution in [3.8, 4) is 5.75 Å². The van der Waals surface area contributed by atoms with Crippen LogP contribution >= 0.6 is 0 Å². The second-order valence-electron chi connectivity index (χ2n) is 7.06. The molecular formula is C20H18N5NaO7S2. The number of hydrogen-bond acceptors (Lipinski definition) is 10. The molecular weight excluding hydrogens is 509 g/mol. The van der Waals surface area contributed by atoms with Gasteiger partial charge in [0.1, 0.15) is 21.5 Å². The number of nitro benzene ring substituents is 1. The van der Waals surface area contributed by atoms with Crippen LogP contribution in [-0.4, -0.2) is 33.1 Å². The number of aryl methyl sites for hydroxylation is 1. The van der Waals surface area contributed by atoms with Gasteiger partial charge >= 0.3 is 29.6 Å². The van der Waals surface area contributed by atoms with Crippen LogP contribution < -0.4 is 34.9 Å². The van der Waals surface area contributed by atoms with E-state index in [9.17, 15) is 32.1 Å². The molecule has 0 saturated carbocycles. The van der Waals surface area contributed by atoms with E-state index in [1.54, 1.807) is 43.3 Å². The predicted molar refractivity (Wildman–Crippen MR) is 125 cm³/mol. The van der Waals surface area contributed by atoms with Crippen LogP contribution in [0.4, 0.5) is 28.4 Å². The zero-order valence-corrected chi connectivity index (χ0v) is 22.4. The van der Waals surface area contributed by atoms with Gasteiger partial charge in [-0.2, -0.15) is 10.2 Å². The first-order valence-electron chi connectivity index (χ1n) is 9.40. The van der Waals surface area contributed by atoms with Gasteiger partial charge in [-0.3, -0.25) is 10.1 Å². The van der Waals surface area contributed by atoms with Gasteiger partial charge in [0.15, 0.2) is 0 Å². The molecule has 0 fully saturated rings. The van der Waals surface area contributed by atoms with Crippen LogP contribution in [0, 0.1) is 17.0 Å². The number of phenolic OH excluding ortho intramolecular Hbond substituents is 1. The molecule has 0 atom stereocenters. The van der Waals surface area contributed by atoms with E-state index in [-0.39, 0.29) is 41.0 Å². The molecule has 0 spiro atoms. The number of nitro groups is 1. The maximum absolute atomic E-state index is 12.1. The Kier molecular flexibility index (Phi) is 9.11. The van der Waals surface area contributed by atoms with Crippen molar-refractivity contribution in [3.05, 3.63) is 80.5 Å². The average Bonchev–Trinajstić information content (AvgIpc) is 2.74. The number of nitrogens with one attached hydrogen (secondary N) is 1. The smallest absolute Gasteiger partial charge is 0.508 e. The van der Waals surface area contributed by atoms with Gasteiger partial charge < -0.3 is 14.6 Å². The fourth-order valence-electron chi connectivity index (χ4n) is 2.73. The number of nitrogens with zero attached hydrogens (tertiary/aromatic N) is 4. The quantitative estimate of drug-likeness (QED) is 0.192. The van der Waals surface area contributed by atoms with Crippen LogP contribution in [0.3, 0.4) is 0 Å². The van der Waals surface area contributed by atoms with Crippen molar-refractivity contribution in [3.63, 3.8) is 0 Å². The van der Waals surface area contributed by atoms with Crippen molar-refractivity contribution >= 4 is 48.5 Å². The predicted octanol–water partition coefficient (Wildman–Crippen LogP) is 1.79. The summed E-state index contributed by atoms with van der Waals surface area (Å²) in [4.78, 5) is 10.0. The number of benzene rings is 3. The Morgan fingerprint density at radius 1 is 0.943 bits per heavy atom. The van der Waals surface area contributed by atoms with Crippen LogP contribution in [0.15, 0.2) is 75.8 Å². The van der Waals surface area contributed by atoms with Crippen LogP contribution in [0.2, 0.25) is 0 Å². The first kappa shape index (κ1) is 28.4. The van der Waals surface area contributed by atoms with E-state index in [2.05, 4.69) is 19.7 Å². The van der Waals surface area contributed by atoms with E-state index in [4.69, 9.17) is 0 Å². The standard InChI is InChI=1S/C20H18N5O7S2.Na/c1-13-11-16(7-10-20(13)26)23-22-15-5-3-14(4-6-15)21-18-9-8-17(12-19(18)25(27)28)34(31,32)24-33(2,29)30;/h3-12H,1-2H3,(H,21,23)(H,22,26);/q-1;+1. The second kappa shape index (κ2) is 11.2. The zero-order valence-electron chi connectivity index (χ0n) is 18.8. The summed E-state index contributed by atoms with van der Waals surface area (Å²) < 4.78 is 49.4. The Bertz CT molecular complexity index is 1490. The molecule has 0 radical (unpaired) electrons. The zero-order chi connectivity index (χ0) is 25.1. The molecule has 3 aromatic carbocycles. The first-order valence-corrected chi connectivity index (χ1v) is 12.7. The SMILES string of the molecule is Cc1cc(N=Nc2ccc(Nc3ccc(S(=O)(=O)[N-]S(C)(=O)=O)cc3[N+](=O)[O-])cc2)ccc1O.[Na+]. The summed E-state index contributed by atoms with van der Waals surface area (Å²) in [7, 11) is -8.86. The molecule has 0 heterocycles. The Balaban J connectivity index is 0.00000432. The topological polar surface area (TPSA) is 182 Å². The molecule has 0 aromatic heterocycles. The molecule has 2 N–H and O–H groups in total. The molecule has 0 aliphatic rings. The summed E-state index contributed by atoms with van der Waals surface area (Å²) >= 11 is 0. The Morgan fingerprint density at radius 2 is 1.54 bits per heavy atom. The summed E-state index contributed by atoms with van der Waals surface area (Å²) in [5.41, 5.74) is 1.54. The van der Waals surface area contributed by atoms with Crippen LogP contribution in [0.25, 0.3) is 4.13 Å². The van der Waals surface area contributed by atoms with Gasteiger partial charge in [-0.15, -0.1) is 0 Å². The fourth-order valence-corrected chi connectivity index (χ4v) is 5.00. The van der Waals surface area contributed by atoms with Gasteiger partial charge in [0.2, 0.25) is 0 Å². The summed E-state index contributed by atoms with van der Waals surface area (Å²) in [6, 6.07) is 14.1. The molecule has 0 amide bonds. The largest absolute Gasteiger partial charge is 1.00 e. The van der Waals surface area contributed by atoms with Crippen molar-refractivity contribution in [2.75, 3.05) is 11.6 Å². The number of phenols is 1. The summed E-state index contributed by atoms with van der Waals surface area (Å²) in [5, 5.41) is 32.0. The third kappa shape index (κ3) is 7.81. The molecule has 0 bridgehead atoms. The van der Waals surface area contributed by atoms with Gasteiger partial charge in [-0.05, 0) is 67.1 Å². The minimum absolute atomic E-state index is 0. The van der Waals surface area contributed by atoms with E-state index in [1.807, 2.05) is 0 Å². The van der Waals surface area contributed by atoms with E-state index in [1.165, 1.54) is 6.07 Å². The number of sulfonamides is 2. The number of hydrogen-bond donors (Lipinski definition) is 2. The van der Waals surface area contributed by atoms with E-state index in [0.29, 0.717) is 28.9 Å². The third-order valence-corrected chi connectivity index (χ3v) is 7.02. The number of rotatable bonds is 8. The molecule has 15 heteroatoms. The molecule has 3 rings (SSSR count). The number of aromatic hydroxyl groups is 1. The minimum atomic E-state index is -4.64. The van der Waals surface area contributed by atoms with E-state index in [0.717, 1.165) is 18.2 Å². The Hall–Kier alpha value is -2.88. The molecule has 0 saturated heterocycles. The molecule has 12 nitrogen and oxygen atoms in total. The average molecular weight is 528 g/mol. The van der Waals surface area contributed by atoms with E-state index >= 15 is 0 Å². The third-order valence-electron chi connectivity index (χ3n) is 4.30. The van der Waals surface area contributed by atoms with Crippen molar-refractivity contribution in [2.24, 2.45) is 10.2 Å². The first-order chi connectivity index (χ1) is 15.8. The van der Waals surface area contributed by atoms with Crippen molar-refractivity contribution in [2.45, 2.75) is 11.8 Å². The summed E-state index contributed by atoms with van der Waals surface area (Å²) in [5.74, 6) is 0.152. The van der Waals surface area contributed by atoms with Crippen molar-refractivity contribution in [1.29, 1.82) is 0 Å². The number of anilines is 2. The molecule has 0 unspecified atom stereocenters. The monoisotopic (exact) mass is 527 g/mol. The molecule has 0 aliphatic heterocycles. The van der Waals surface area contributed by atoms with Gasteiger partial charge in [-0.25, -0.2) is 16.8 Å². The van der Waals surface area contributed by atoms with Gasteiger partial charge in [0.05, 0.1) is 31.2 Å². The minimum Gasteiger partial charge on any atom is -0.508 e.